The molecule has 4 heterocycles. The molecule has 2 aliphatic heterocycles. The van der Waals surface area contributed by atoms with Gasteiger partial charge in [-0.3, -0.25) is 5.10 Å². The van der Waals surface area contributed by atoms with Gasteiger partial charge in [-0.05, 0) is 25.9 Å². The van der Waals surface area contributed by atoms with Gasteiger partial charge in [-0.1, -0.05) is 11.6 Å². The molecular weight excluding hydrogens is 262 g/mol. The van der Waals surface area contributed by atoms with Crippen LogP contribution in [0.25, 0.3) is 10.9 Å². The van der Waals surface area contributed by atoms with Gasteiger partial charge in [0.25, 0.3) is 0 Å². The molecule has 2 fully saturated rings. The zero-order valence-corrected chi connectivity index (χ0v) is 11.4. The summed E-state index contributed by atoms with van der Waals surface area (Å²) in [5.41, 5.74) is 1.47. The number of H-pyrrole nitrogens is 1. The van der Waals surface area contributed by atoms with E-state index >= 15 is 0 Å². The van der Waals surface area contributed by atoms with Crippen LogP contribution < -0.4 is 10.2 Å². The van der Waals surface area contributed by atoms with Crippen molar-refractivity contribution in [2.75, 3.05) is 31.1 Å². The largest absolute Gasteiger partial charge is 0.353 e. The molecule has 0 radical (unpaired) electrons. The summed E-state index contributed by atoms with van der Waals surface area (Å²) in [6.07, 6.45) is 4.36. The highest BCUT2D eigenvalue weighted by molar-refractivity contribution is 6.30. The lowest BCUT2D eigenvalue weighted by Crippen LogP contribution is -2.60. The normalized spacial score (nSPS) is 21.8. The van der Waals surface area contributed by atoms with Crippen molar-refractivity contribution in [2.45, 2.75) is 12.8 Å². The SMILES string of the molecule is Clc1cc2[nH]nc(N3CC4(CCNCC4)C3)c2cn1. The number of nitrogens with zero attached hydrogens (tertiary/aromatic N) is 3. The Balaban J connectivity index is 1.59. The van der Waals surface area contributed by atoms with Gasteiger partial charge >= 0.3 is 0 Å². The predicted octanol–water partition coefficient (Wildman–Crippen LogP) is 1.80. The number of rotatable bonds is 1. The molecule has 19 heavy (non-hydrogen) atoms. The van der Waals surface area contributed by atoms with Gasteiger partial charge in [-0.25, -0.2) is 4.98 Å². The quantitative estimate of drug-likeness (QED) is 0.781. The second-order valence-electron chi connectivity index (χ2n) is 5.71. The molecule has 2 aromatic heterocycles. The number of piperidine rings is 1. The first kappa shape index (κ1) is 11.5. The number of anilines is 1. The molecule has 4 rings (SSSR count). The first-order chi connectivity index (χ1) is 9.26. The lowest BCUT2D eigenvalue weighted by Gasteiger charge is -2.52. The fraction of sp³-hybridized carbons (Fsp3) is 0.538. The molecule has 0 saturated carbocycles. The third-order valence-electron chi connectivity index (χ3n) is 4.41. The van der Waals surface area contributed by atoms with Gasteiger partial charge in [-0.2, -0.15) is 5.10 Å². The van der Waals surface area contributed by atoms with E-state index in [-0.39, 0.29) is 0 Å². The Kier molecular flexibility index (Phi) is 2.47. The first-order valence-corrected chi connectivity index (χ1v) is 7.09. The van der Waals surface area contributed by atoms with E-state index in [0.717, 1.165) is 42.9 Å². The van der Waals surface area contributed by atoms with Crippen LogP contribution in [-0.4, -0.2) is 41.4 Å². The van der Waals surface area contributed by atoms with Gasteiger partial charge in [0.05, 0.1) is 10.9 Å². The maximum Gasteiger partial charge on any atom is 0.159 e. The van der Waals surface area contributed by atoms with Crippen LogP contribution in [-0.2, 0) is 0 Å². The minimum absolute atomic E-state index is 0.501. The van der Waals surface area contributed by atoms with Crippen LogP contribution in [0.15, 0.2) is 12.3 Å². The van der Waals surface area contributed by atoms with E-state index in [1.807, 2.05) is 12.3 Å². The number of aromatic nitrogens is 3. The second-order valence-corrected chi connectivity index (χ2v) is 6.09. The molecule has 0 aromatic carbocycles. The molecule has 2 N–H and O–H groups in total. The molecule has 0 amide bonds. The topological polar surface area (TPSA) is 56.8 Å². The zero-order valence-electron chi connectivity index (χ0n) is 10.6. The average molecular weight is 278 g/mol. The highest BCUT2D eigenvalue weighted by Gasteiger charge is 2.44. The molecule has 2 aliphatic rings. The molecule has 6 heteroatoms. The molecule has 100 valence electrons. The molecule has 0 bridgehead atoms. The maximum absolute atomic E-state index is 5.89. The van der Waals surface area contributed by atoms with Crippen molar-refractivity contribution in [1.29, 1.82) is 0 Å². The molecule has 0 atom stereocenters. The summed E-state index contributed by atoms with van der Waals surface area (Å²) >= 11 is 5.89. The molecule has 1 spiro atoms. The zero-order chi connectivity index (χ0) is 12.9. The summed E-state index contributed by atoms with van der Waals surface area (Å²) in [5, 5.41) is 12.5. The Bertz CT molecular complexity index is 609. The van der Waals surface area contributed by atoms with E-state index in [2.05, 4.69) is 25.4 Å². The Morgan fingerprint density at radius 1 is 1.26 bits per heavy atom. The van der Waals surface area contributed by atoms with Crippen molar-refractivity contribution in [3.8, 4) is 0 Å². The minimum Gasteiger partial charge on any atom is -0.353 e. The highest BCUT2D eigenvalue weighted by atomic mass is 35.5. The van der Waals surface area contributed by atoms with Gasteiger partial charge in [0, 0.05) is 30.8 Å². The van der Waals surface area contributed by atoms with Crippen molar-refractivity contribution < 1.29 is 0 Å². The number of hydrogen-bond donors (Lipinski definition) is 2. The fourth-order valence-electron chi connectivity index (χ4n) is 3.30. The summed E-state index contributed by atoms with van der Waals surface area (Å²) in [5.74, 6) is 1.02. The van der Waals surface area contributed by atoms with Crippen LogP contribution >= 0.6 is 11.6 Å². The fourth-order valence-corrected chi connectivity index (χ4v) is 3.46. The van der Waals surface area contributed by atoms with Crippen LogP contribution in [0.2, 0.25) is 5.15 Å². The standard InChI is InChI=1S/C13H16ClN5/c14-11-5-10-9(6-16-11)12(18-17-10)19-7-13(8-19)1-3-15-4-2-13/h5-6,15H,1-4,7-8H2,(H,17,18). The van der Waals surface area contributed by atoms with E-state index in [4.69, 9.17) is 11.6 Å². The maximum atomic E-state index is 5.89. The number of fused-ring (bicyclic) bond motifs is 1. The van der Waals surface area contributed by atoms with Crippen molar-refractivity contribution >= 4 is 28.3 Å². The van der Waals surface area contributed by atoms with Crippen LogP contribution in [0.4, 0.5) is 5.82 Å². The van der Waals surface area contributed by atoms with E-state index in [0.29, 0.717) is 10.6 Å². The van der Waals surface area contributed by atoms with Crippen LogP contribution in [0.3, 0.4) is 0 Å². The van der Waals surface area contributed by atoms with Crippen molar-refractivity contribution in [1.82, 2.24) is 20.5 Å². The number of halogens is 1. The molecule has 5 nitrogen and oxygen atoms in total. The Labute approximate surface area is 116 Å². The van der Waals surface area contributed by atoms with Crippen molar-refractivity contribution in [3.63, 3.8) is 0 Å². The van der Waals surface area contributed by atoms with Gasteiger partial charge in [0.2, 0.25) is 0 Å². The molecule has 0 unspecified atom stereocenters. The predicted molar refractivity (Wildman–Crippen MR) is 75.6 cm³/mol. The third-order valence-corrected chi connectivity index (χ3v) is 4.62. The molecule has 2 saturated heterocycles. The summed E-state index contributed by atoms with van der Waals surface area (Å²) < 4.78 is 0. The number of hydrogen-bond acceptors (Lipinski definition) is 4. The molecule has 0 aliphatic carbocycles. The number of aromatic amines is 1. The van der Waals surface area contributed by atoms with Gasteiger partial charge < -0.3 is 10.2 Å². The van der Waals surface area contributed by atoms with E-state index in [1.54, 1.807) is 0 Å². The van der Waals surface area contributed by atoms with E-state index in [1.165, 1.54) is 12.8 Å². The Morgan fingerprint density at radius 3 is 2.84 bits per heavy atom. The number of pyridine rings is 1. The summed E-state index contributed by atoms with van der Waals surface area (Å²) in [6, 6.07) is 1.83. The van der Waals surface area contributed by atoms with Crippen LogP contribution in [0.5, 0.6) is 0 Å². The minimum atomic E-state index is 0.501. The Hall–Kier alpha value is -1.33. The summed E-state index contributed by atoms with van der Waals surface area (Å²) in [4.78, 5) is 6.50. The average Bonchev–Trinajstić information content (AvgIpc) is 2.79. The van der Waals surface area contributed by atoms with Crippen molar-refractivity contribution in [2.24, 2.45) is 5.41 Å². The lowest BCUT2D eigenvalue weighted by molar-refractivity contribution is 0.149. The van der Waals surface area contributed by atoms with E-state index in [9.17, 15) is 0 Å². The van der Waals surface area contributed by atoms with Gasteiger partial charge in [0.1, 0.15) is 5.15 Å². The van der Waals surface area contributed by atoms with E-state index < -0.39 is 0 Å². The van der Waals surface area contributed by atoms with Crippen LogP contribution in [0.1, 0.15) is 12.8 Å². The highest BCUT2D eigenvalue weighted by Crippen LogP contribution is 2.42. The first-order valence-electron chi connectivity index (χ1n) is 6.71. The van der Waals surface area contributed by atoms with Gasteiger partial charge in [-0.15, -0.1) is 0 Å². The molecular formula is C13H16ClN5. The molecule has 2 aromatic rings. The summed E-state index contributed by atoms with van der Waals surface area (Å²) in [7, 11) is 0. The smallest absolute Gasteiger partial charge is 0.159 e. The van der Waals surface area contributed by atoms with Crippen LogP contribution in [0, 0.1) is 5.41 Å². The van der Waals surface area contributed by atoms with Crippen molar-refractivity contribution in [3.05, 3.63) is 17.4 Å². The Morgan fingerprint density at radius 2 is 2.05 bits per heavy atom. The second kappa shape index (κ2) is 4.08. The summed E-state index contributed by atoms with van der Waals surface area (Å²) in [6.45, 7) is 4.51. The van der Waals surface area contributed by atoms with Gasteiger partial charge in [0.15, 0.2) is 5.82 Å². The number of nitrogens with one attached hydrogen (secondary N) is 2. The third kappa shape index (κ3) is 1.80. The monoisotopic (exact) mass is 277 g/mol. The lowest BCUT2D eigenvalue weighted by atomic mass is 9.72.